The molecule has 0 radical (unpaired) electrons. The number of ether oxygens (including phenoxy) is 1. The van der Waals surface area contributed by atoms with Crippen LogP contribution in [0.5, 0.6) is 5.75 Å². The quantitative estimate of drug-likeness (QED) is 0.796. The molecule has 1 aromatic heterocycles. The molecule has 0 N–H and O–H groups in total. The normalized spacial score (nSPS) is 10.3. The molecule has 0 aliphatic heterocycles. The van der Waals surface area contributed by atoms with Gasteiger partial charge in [0.2, 0.25) is 11.2 Å². The molecule has 0 aliphatic carbocycles. The Morgan fingerprint density at radius 3 is 2.78 bits per heavy atom. The van der Waals surface area contributed by atoms with Gasteiger partial charge >= 0.3 is 0 Å². The minimum Gasteiger partial charge on any atom is -0.482 e. The summed E-state index contributed by atoms with van der Waals surface area (Å²) in [5.74, 6) is 0.810. The topological polar surface area (TPSA) is 39.4 Å². The van der Waals surface area contributed by atoms with Gasteiger partial charge < -0.3 is 9.15 Å². The predicted molar refractivity (Wildman–Crippen MR) is 70.0 cm³/mol. The van der Waals surface area contributed by atoms with Gasteiger partial charge in [0, 0.05) is 6.07 Å². The Hall–Kier alpha value is -1.74. The van der Waals surface area contributed by atoms with Crippen LogP contribution in [0.15, 0.2) is 45.8 Å². The molecule has 1 heterocycles. The van der Waals surface area contributed by atoms with E-state index in [1.165, 1.54) is 12.3 Å². The van der Waals surface area contributed by atoms with Gasteiger partial charge in [0.15, 0.2) is 0 Å². The van der Waals surface area contributed by atoms with Gasteiger partial charge in [-0.1, -0.05) is 24.3 Å². The van der Waals surface area contributed by atoms with E-state index in [9.17, 15) is 4.79 Å². The standard InChI is InChI=1S/C14H13ClO3/c1-10-4-2-3-5-11(10)8-18-14-9-17-12(7-15)6-13(14)16/h2-6,9H,7-8H2,1H3. The second kappa shape index (κ2) is 5.74. The maximum Gasteiger partial charge on any atom is 0.227 e. The monoisotopic (exact) mass is 264 g/mol. The number of rotatable bonds is 4. The van der Waals surface area contributed by atoms with Crippen molar-refractivity contribution in [3.63, 3.8) is 0 Å². The lowest BCUT2D eigenvalue weighted by Crippen LogP contribution is -2.08. The van der Waals surface area contributed by atoms with Crippen LogP contribution in [0.1, 0.15) is 16.9 Å². The van der Waals surface area contributed by atoms with Gasteiger partial charge in [-0.3, -0.25) is 4.79 Å². The summed E-state index contributed by atoms with van der Waals surface area (Å²) < 4.78 is 10.6. The molecule has 3 nitrogen and oxygen atoms in total. The molecule has 4 heteroatoms. The van der Waals surface area contributed by atoms with E-state index in [1.807, 2.05) is 31.2 Å². The Balaban J connectivity index is 2.11. The van der Waals surface area contributed by atoms with Crippen molar-refractivity contribution in [3.05, 3.63) is 63.7 Å². The molecule has 0 fully saturated rings. The van der Waals surface area contributed by atoms with E-state index < -0.39 is 0 Å². The van der Waals surface area contributed by atoms with Gasteiger partial charge in [-0.05, 0) is 18.1 Å². The molecular weight excluding hydrogens is 252 g/mol. The van der Waals surface area contributed by atoms with Gasteiger partial charge in [0.25, 0.3) is 0 Å². The molecule has 2 rings (SSSR count). The van der Waals surface area contributed by atoms with Gasteiger partial charge in [-0.2, -0.15) is 0 Å². The average Bonchev–Trinajstić information content (AvgIpc) is 2.39. The molecule has 0 spiro atoms. The van der Waals surface area contributed by atoms with Crippen LogP contribution < -0.4 is 10.2 Å². The molecule has 0 bridgehead atoms. The van der Waals surface area contributed by atoms with E-state index in [0.717, 1.165) is 11.1 Å². The number of halogens is 1. The van der Waals surface area contributed by atoms with Crippen LogP contribution in [0, 0.1) is 6.92 Å². The van der Waals surface area contributed by atoms with Crippen molar-refractivity contribution in [2.45, 2.75) is 19.4 Å². The number of aryl methyl sites for hydroxylation is 1. The number of benzene rings is 1. The first kappa shape index (κ1) is 12.7. The zero-order valence-electron chi connectivity index (χ0n) is 9.98. The summed E-state index contributed by atoms with van der Waals surface area (Å²) in [6.45, 7) is 2.34. The van der Waals surface area contributed by atoms with Crippen molar-refractivity contribution in [1.29, 1.82) is 0 Å². The van der Waals surface area contributed by atoms with Gasteiger partial charge in [-0.15, -0.1) is 11.6 Å². The lowest BCUT2D eigenvalue weighted by atomic mass is 10.1. The number of alkyl halides is 1. The average molecular weight is 265 g/mol. The van der Waals surface area contributed by atoms with Crippen LogP contribution in [-0.4, -0.2) is 0 Å². The Kier molecular flexibility index (Phi) is 4.05. The second-order valence-corrected chi connectivity index (χ2v) is 4.19. The summed E-state index contributed by atoms with van der Waals surface area (Å²) in [5, 5.41) is 0. The molecule has 0 saturated heterocycles. The fourth-order valence-electron chi connectivity index (χ4n) is 1.54. The first-order valence-corrected chi connectivity index (χ1v) is 6.09. The molecule has 0 saturated carbocycles. The Morgan fingerprint density at radius 2 is 2.11 bits per heavy atom. The fraction of sp³-hybridized carbons (Fsp3) is 0.214. The lowest BCUT2D eigenvalue weighted by molar-refractivity contribution is 0.289. The van der Waals surface area contributed by atoms with E-state index in [1.54, 1.807) is 0 Å². The number of hydrogen-bond donors (Lipinski definition) is 0. The van der Waals surface area contributed by atoms with Crippen LogP contribution in [0.2, 0.25) is 0 Å². The minimum atomic E-state index is -0.217. The fourth-order valence-corrected chi connectivity index (χ4v) is 1.68. The Labute approximate surface area is 110 Å². The first-order valence-electron chi connectivity index (χ1n) is 5.55. The molecule has 2 aromatic rings. The van der Waals surface area contributed by atoms with Crippen molar-refractivity contribution in [2.24, 2.45) is 0 Å². The SMILES string of the molecule is Cc1ccccc1COc1coc(CCl)cc1=O. The summed E-state index contributed by atoms with van der Waals surface area (Å²) in [4.78, 5) is 11.7. The van der Waals surface area contributed by atoms with Crippen LogP contribution >= 0.6 is 11.6 Å². The van der Waals surface area contributed by atoms with Gasteiger partial charge in [0.1, 0.15) is 18.6 Å². The highest BCUT2D eigenvalue weighted by atomic mass is 35.5. The van der Waals surface area contributed by atoms with E-state index >= 15 is 0 Å². The van der Waals surface area contributed by atoms with Crippen molar-refractivity contribution >= 4 is 11.6 Å². The molecule has 0 unspecified atom stereocenters. The lowest BCUT2D eigenvalue weighted by Gasteiger charge is -2.07. The minimum absolute atomic E-state index is 0.174. The smallest absolute Gasteiger partial charge is 0.227 e. The van der Waals surface area contributed by atoms with Crippen molar-refractivity contribution in [2.75, 3.05) is 0 Å². The third-order valence-electron chi connectivity index (χ3n) is 2.63. The summed E-state index contributed by atoms with van der Waals surface area (Å²) >= 11 is 5.57. The van der Waals surface area contributed by atoms with Crippen LogP contribution in [0.4, 0.5) is 0 Å². The van der Waals surface area contributed by atoms with E-state index in [-0.39, 0.29) is 17.1 Å². The maximum atomic E-state index is 11.7. The third kappa shape index (κ3) is 2.93. The summed E-state index contributed by atoms with van der Waals surface area (Å²) in [5.41, 5.74) is 1.95. The Bertz CT molecular complexity index is 590. The maximum absolute atomic E-state index is 11.7. The van der Waals surface area contributed by atoms with E-state index in [4.69, 9.17) is 20.8 Å². The van der Waals surface area contributed by atoms with Crippen LogP contribution in [0.3, 0.4) is 0 Å². The van der Waals surface area contributed by atoms with Crippen molar-refractivity contribution in [3.8, 4) is 5.75 Å². The zero-order chi connectivity index (χ0) is 13.0. The van der Waals surface area contributed by atoms with Crippen molar-refractivity contribution < 1.29 is 9.15 Å². The molecule has 94 valence electrons. The zero-order valence-corrected chi connectivity index (χ0v) is 10.7. The highest BCUT2D eigenvalue weighted by Gasteiger charge is 2.05. The molecule has 0 amide bonds. The molecule has 1 aromatic carbocycles. The summed E-state index contributed by atoms with van der Waals surface area (Å²) in [7, 11) is 0. The highest BCUT2D eigenvalue weighted by Crippen LogP contribution is 2.12. The molecule has 0 atom stereocenters. The first-order chi connectivity index (χ1) is 8.70. The summed E-state index contributed by atoms with van der Waals surface area (Å²) in [6.07, 6.45) is 1.30. The van der Waals surface area contributed by atoms with E-state index in [0.29, 0.717) is 12.4 Å². The molecule has 0 aliphatic rings. The third-order valence-corrected chi connectivity index (χ3v) is 2.89. The van der Waals surface area contributed by atoms with Crippen LogP contribution in [-0.2, 0) is 12.5 Å². The second-order valence-electron chi connectivity index (χ2n) is 3.92. The Morgan fingerprint density at radius 1 is 1.33 bits per heavy atom. The van der Waals surface area contributed by atoms with Gasteiger partial charge in [0.05, 0.1) is 5.88 Å². The highest BCUT2D eigenvalue weighted by molar-refractivity contribution is 6.16. The largest absolute Gasteiger partial charge is 0.482 e. The van der Waals surface area contributed by atoms with Gasteiger partial charge in [-0.25, -0.2) is 0 Å². The van der Waals surface area contributed by atoms with Crippen molar-refractivity contribution in [1.82, 2.24) is 0 Å². The molecule has 18 heavy (non-hydrogen) atoms. The molecular formula is C14H13ClO3. The van der Waals surface area contributed by atoms with E-state index in [2.05, 4.69) is 0 Å². The predicted octanol–water partition coefficient (Wildman–Crippen LogP) is 3.27. The number of hydrogen-bond acceptors (Lipinski definition) is 3. The summed E-state index contributed by atoms with van der Waals surface area (Å²) in [6, 6.07) is 9.20. The van der Waals surface area contributed by atoms with Crippen LogP contribution in [0.25, 0.3) is 0 Å².